The van der Waals surface area contributed by atoms with Crippen LogP contribution in [-0.4, -0.2) is 0 Å². The van der Waals surface area contributed by atoms with Crippen LogP contribution in [0.15, 0.2) is 40.9 Å². The van der Waals surface area contributed by atoms with Crippen LogP contribution >= 0.6 is 27.5 Å². The molecule has 112 valence electrons. The van der Waals surface area contributed by atoms with Crippen LogP contribution in [0.2, 0.25) is 5.02 Å². The highest BCUT2D eigenvalue weighted by Crippen LogP contribution is 2.36. The van der Waals surface area contributed by atoms with Crippen molar-refractivity contribution in [3.05, 3.63) is 62.8 Å². The monoisotopic (exact) mass is 381 g/mol. The molecule has 0 aliphatic carbocycles. The minimum atomic E-state index is -4.47. The molecule has 2 rings (SSSR count). The fraction of sp³-hybridized carbons (Fsp3) is 0.143. The van der Waals surface area contributed by atoms with Crippen molar-refractivity contribution in [3.8, 4) is 0 Å². The summed E-state index contributed by atoms with van der Waals surface area (Å²) in [5, 5.41) is 2.84. The largest absolute Gasteiger partial charge is 0.418 e. The third-order valence-electron chi connectivity index (χ3n) is 2.77. The summed E-state index contributed by atoms with van der Waals surface area (Å²) in [6.07, 6.45) is -4.47. The Bertz CT molecular complexity index is 658. The molecule has 0 radical (unpaired) electrons. The lowest BCUT2D eigenvalue weighted by Gasteiger charge is -2.15. The molecule has 0 spiro atoms. The summed E-state index contributed by atoms with van der Waals surface area (Å²) in [6, 6.07) is 7.57. The summed E-state index contributed by atoms with van der Waals surface area (Å²) in [6.45, 7) is 0.0594. The Balaban J connectivity index is 2.24. The van der Waals surface area contributed by atoms with Crippen molar-refractivity contribution in [2.75, 3.05) is 5.32 Å². The highest BCUT2D eigenvalue weighted by molar-refractivity contribution is 9.10. The van der Waals surface area contributed by atoms with Crippen LogP contribution in [0.5, 0.6) is 0 Å². The van der Waals surface area contributed by atoms with Gasteiger partial charge < -0.3 is 5.32 Å². The standard InChI is InChI=1S/C14H9BrClF4N/c15-9-2-4-13(11(5-9)14(18,19)20)21-7-8-1-3-10(17)6-12(8)16/h1-6,21H,7H2. The maximum absolute atomic E-state index is 12.9. The van der Waals surface area contributed by atoms with Crippen LogP contribution in [0.1, 0.15) is 11.1 Å². The number of hydrogen-bond acceptors (Lipinski definition) is 1. The highest BCUT2D eigenvalue weighted by Gasteiger charge is 2.33. The van der Waals surface area contributed by atoms with Gasteiger partial charge in [-0.15, -0.1) is 0 Å². The van der Waals surface area contributed by atoms with Crippen LogP contribution in [0.3, 0.4) is 0 Å². The van der Waals surface area contributed by atoms with Gasteiger partial charge >= 0.3 is 6.18 Å². The fourth-order valence-corrected chi connectivity index (χ4v) is 2.36. The predicted octanol–water partition coefficient (Wildman–Crippen LogP) is 5.87. The first-order chi connectivity index (χ1) is 9.77. The number of benzene rings is 2. The zero-order valence-electron chi connectivity index (χ0n) is 10.4. The number of nitrogens with one attached hydrogen (secondary N) is 1. The molecule has 0 saturated carbocycles. The molecule has 0 fully saturated rings. The molecule has 2 aromatic rings. The Morgan fingerprint density at radius 2 is 1.81 bits per heavy atom. The molecular formula is C14H9BrClF4N. The predicted molar refractivity (Wildman–Crippen MR) is 77.9 cm³/mol. The third kappa shape index (κ3) is 4.11. The number of hydrogen-bond donors (Lipinski definition) is 1. The average molecular weight is 383 g/mol. The van der Waals surface area contributed by atoms with E-state index in [2.05, 4.69) is 21.2 Å². The summed E-state index contributed by atoms with van der Waals surface area (Å²) in [7, 11) is 0. The normalized spacial score (nSPS) is 11.5. The molecule has 0 aliphatic rings. The number of rotatable bonds is 3. The Morgan fingerprint density at radius 3 is 2.43 bits per heavy atom. The number of alkyl halides is 3. The zero-order valence-corrected chi connectivity index (χ0v) is 12.8. The van der Waals surface area contributed by atoms with Gasteiger partial charge in [-0.2, -0.15) is 13.2 Å². The van der Waals surface area contributed by atoms with Gasteiger partial charge in [0.25, 0.3) is 0 Å². The van der Waals surface area contributed by atoms with Crippen molar-refractivity contribution in [2.24, 2.45) is 0 Å². The van der Waals surface area contributed by atoms with Crippen LogP contribution in [0.4, 0.5) is 23.2 Å². The van der Waals surface area contributed by atoms with E-state index in [-0.39, 0.29) is 17.3 Å². The molecule has 1 N–H and O–H groups in total. The highest BCUT2D eigenvalue weighted by atomic mass is 79.9. The second kappa shape index (κ2) is 6.23. The van der Waals surface area contributed by atoms with Crippen LogP contribution < -0.4 is 5.32 Å². The van der Waals surface area contributed by atoms with E-state index in [1.807, 2.05) is 0 Å². The van der Waals surface area contributed by atoms with E-state index in [0.717, 1.165) is 12.1 Å². The van der Waals surface area contributed by atoms with Gasteiger partial charge in [0.05, 0.1) is 5.56 Å². The van der Waals surface area contributed by atoms with Gasteiger partial charge in [0, 0.05) is 21.7 Å². The van der Waals surface area contributed by atoms with Crippen molar-refractivity contribution in [1.29, 1.82) is 0 Å². The Morgan fingerprint density at radius 1 is 1.10 bits per heavy atom. The van der Waals surface area contributed by atoms with Gasteiger partial charge in [-0.1, -0.05) is 33.6 Å². The first kappa shape index (κ1) is 16.1. The summed E-state index contributed by atoms with van der Waals surface area (Å²) < 4.78 is 52.1. The van der Waals surface area contributed by atoms with Gasteiger partial charge in [-0.05, 0) is 35.9 Å². The molecule has 0 saturated heterocycles. The van der Waals surface area contributed by atoms with E-state index >= 15 is 0 Å². The molecule has 1 nitrogen and oxygen atoms in total. The van der Waals surface area contributed by atoms with Crippen molar-refractivity contribution < 1.29 is 17.6 Å². The van der Waals surface area contributed by atoms with Crippen molar-refractivity contribution in [1.82, 2.24) is 0 Å². The van der Waals surface area contributed by atoms with Crippen molar-refractivity contribution in [2.45, 2.75) is 12.7 Å². The second-order valence-corrected chi connectivity index (χ2v) is 5.60. The van der Waals surface area contributed by atoms with E-state index in [9.17, 15) is 17.6 Å². The van der Waals surface area contributed by atoms with E-state index < -0.39 is 17.6 Å². The lowest BCUT2D eigenvalue weighted by molar-refractivity contribution is -0.137. The molecule has 0 amide bonds. The Hall–Kier alpha value is -1.27. The fourth-order valence-electron chi connectivity index (χ4n) is 1.76. The molecule has 2 aromatic carbocycles. The van der Waals surface area contributed by atoms with Gasteiger partial charge in [0.2, 0.25) is 0 Å². The molecule has 0 bridgehead atoms. The average Bonchev–Trinajstić information content (AvgIpc) is 2.38. The van der Waals surface area contributed by atoms with Crippen molar-refractivity contribution in [3.63, 3.8) is 0 Å². The lowest BCUT2D eigenvalue weighted by atomic mass is 10.1. The van der Waals surface area contributed by atoms with Crippen LogP contribution in [0, 0.1) is 5.82 Å². The summed E-state index contributed by atoms with van der Waals surface area (Å²) in [4.78, 5) is 0. The number of anilines is 1. The minimum Gasteiger partial charge on any atom is -0.380 e. The van der Waals surface area contributed by atoms with Crippen LogP contribution in [0.25, 0.3) is 0 Å². The molecular weight excluding hydrogens is 374 g/mol. The molecule has 0 aliphatic heterocycles. The van der Waals surface area contributed by atoms with Gasteiger partial charge in [-0.25, -0.2) is 4.39 Å². The maximum Gasteiger partial charge on any atom is 0.418 e. The smallest absolute Gasteiger partial charge is 0.380 e. The van der Waals surface area contributed by atoms with E-state index in [1.165, 1.54) is 24.3 Å². The second-order valence-electron chi connectivity index (χ2n) is 4.28. The molecule has 0 unspecified atom stereocenters. The Kier molecular flexibility index (Phi) is 4.78. The van der Waals surface area contributed by atoms with Crippen LogP contribution in [-0.2, 0) is 12.7 Å². The van der Waals surface area contributed by atoms with E-state index in [1.54, 1.807) is 0 Å². The first-order valence-corrected chi connectivity index (χ1v) is 6.99. The first-order valence-electron chi connectivity index (χ1n) is 5.82. The Labute approximate surface area is 132 Å². The number of halogens is 6. The lowest BCUT2D eigenvalue weighted by Crippen LogP contribution is -2.11. The molecule has 7 heteroatoms. The van der Waals surface area contributed by atoms with Gasteiger partial charge in [-0.3, -0.25) is 0 Å². The van der Waals surface area contributed by atoms with Crippen molar-refractivity contribution >= 4 is 33.2 Å². The summed E-state index contributed by atoms with van der Waals surface area (Å²) in [5.41, 5.74) is -0.338. The minimum absolute atomic E-state index is 0.0594. The maximum atomic E-state index is 12.9. The molecule has 0 heterocycles. The molecule has 21 heavy (non-hydrogen) atoms. The molecule has 0 aromatic heterocycles. The third-order valence-corrected chi connectivity index (χ3v) is 3.62. The SMILES string of the molecule is Fc1ccc(CNc2ccc(Br)cc2C(F)(F)F)c(Cl)c1. The van der Waals surface area contributed by atoms with Gasteiger partial charge in [0.1, 0.15) is 5.82 Å². The summed E-state index contributed by atoms with van der Waals surface area (Å²) in [5.74, 6) is -0.497. The zero-order chi connectivity index (χ0) is 15.6. The molecule has 0 atom stereocenters. The van der Waals surface area contributed by atoms with E-state index in [0.29, 0.717) is 10.0 Å². The summed E-state index contributed by atoms with van der Waals surface area (Å²) >= 11 is 8.85. The van der Waals surface area contributed by atoms with Gasteiger partial charge in [0.15, 0.2) is 0 Å². The topological polar surface area (TPSA) is 12.0 Å². The quantitative estimate of drug-likeness (QED) is 0.654. The van der Waals surface area contributed by atoms with E-state index in [4.69, 9.17) is 11.6 Å².